The van der Waals surface area contributed by atoms with Gasteiger partial charge < -0.3 is 15.8 Å². The molecule has 2 aromatic rings. The van der Waals surface area contributed by atoms with Crippen LogP contribution in [-0.2, 0) is 4.79 Å². The van der Waals surface area contributed by atoms with Gasteiger partial charge in [0.05, 0.1) is 11.4 Å². The number of anilines is 2. The topological polar surface area (TPSA) is 64.3 Å². The average Bonchev–Trinajstić information content (AvgIpc) is 2.42. The number of amides is 1. The lowest BCUT2D eigenvalue weighted by Crippen LogP contribution is -2.20. The summed E-state index contributed by atoms with van der Waals surface area (Å²) < 4.78 is 6.48. The molecule has 0 saturated heterocycles. The van der Waals surface area contributed by atoms with E-state index >= 15 is 0 Å². The number of carbonyl (C=O) groups excluding carboxylic acids is 1. The highest BCUT2D eigenvalue weighted by molar-refractivity contribution is 14.1. The van der Waals surface area contributed by atoms with Crippen LogP contribution in [0.4, 0.5) is 11.4 Å². The van der Waals surface area contributed by atoms with Crippen molar-refractivity contribution in [3.05, 3.63) is 51.1 Å². The summed E-state index contributed by atoms with van der Waals surface area (Å²) in [7, 11) is 0. The van der Waals surface area contributed by atoms with Crippen LogP contribution in [0.3, 0.4) is 0 Å². The van der Waals surface area contributed by atoms with Gasteiger partial charge in [0.25, 0.3) is 5.91 Å². The van der Waals surface area contributed by atoms with Crippen molar-refractivity contribution in [3.8, 4) is 5.75 Å². The van der Waals surface area contributed by atoms with Crippen molar-refractivity contribution in [3.63, 3.8) is 0 Å². The third-order valence-corrected chi connectivity index (χ3v) is 3.43. The van der Waals surface area contributed by atoms with E-state index in [-0.39, 0.29) is 12.5 Å². The molecule has 0 aliphatic rings. The smallest absolute Gasteiger partial charge is 0.262 e. The highest BCUT2D eigenvalue weighted by Gasteiger charge is 2.07. The van der Waals surface area contributed by atoms with E-state index < -0.39 is 0 Å². The fourth-order valence-electron chi connectivity index (χ4n) is 1.50. The lowest BCUT2D eigenvalue weighted by molar-refractivity contribution is -0.118. The minimum absolute atomic E-state index is 0.0907. The van der Waals surface area contributed by atoms with Gasteiger partial charge in [-0.25, -0.2) is 0 Å². The molecule has 3 N–H and O–H groups in total. The molecule has 2 rings (SSSR count). The largest absolute Gasteiger partial charge is 0.484 e. The molecule has 0 atom stereocenters. The number of nitrogens with one attached hydrogen (secondary N) is 1. The van der Waals surface area contributed by atoms with Crippen molar-refractivity contribution in [2.75, 3.05) is 17.7 Å². The summed E-state index contributed by atoms with van der Waals surface area (Å²) in [6, 6.07) is 12.3. The number of nitrogen functional groups attached to an aromatic ring is 1. The summed E-state index contributed by atoms with van der Waals surface area (Å²) in [6.45, 7) is -0.0907. The number of carbonyl (C=O) groups is 1. The van der Waals surface area contributed by atoms with Crippen LogP contribution in [0.2, 0.25) is 5.02 Å². The molecule has 0 saturated carbocycles. The molecule has 0 spiro atoms. The Morgan fingerprint density at radius 1 is 1.25 bits per heavy atom. The van der Waals surface area contributed by atoms with Crippen molar-refractivity contribution < 1.29 is 9.53 Å². The molecule has 0 radical (unpaired) electrons. The first kappa shape index (κ1) is 14.9. The molecular weight excluding hydrogens is 391 g/mol. The number of benzene rings is 2. The molecule has 2 aromatic carbocycles. The minimum Gasteiger partial charge on any atom is -0.484 e. The van der Waals surface area contributed by atoms with Crippen molar-refractivity contribution in [2.24, 2.45) is 0 Å². The van der Waals surface area contributed by atoms with E-state index in [1.807, 2.05) is 24.3 Å². The molecule has 0 heterocycles. The number of ether oxygens (including phenoxy) is 1. The Bertz CT molecular complexity index is 617. The molecule has 104 valence electrons. The van der Waals surface area contributed by atoms with E-state index in [2.05, 4.69) is 27.9 Å². The fourth-order valence-corrected chi connectivity index (χ4v) is 2.03. The second-order valence-corrected chi connectivity index (χ2v) is 5.70. The van der Waals surface area contributed by atoms with E-state index in [0.29, 0.717) is 22.1 Å². The maximum Gasteiger partial charge on any atom is 0.262 e. The summed E-state index contributed by atoms with van der Waals surface area (Å²) in [4.78, 5) is 11.8. The van der Waals surface area contributed by atoms with Gasteiger partial charge in [-0.2, -0.15) is 0 Å². The van der Waals surface area contributed by atoms with E-state index in [1.54, 1.807) is 18.2 Å². The second-order valence-electron chi connectivity index (χ2n) is 4.02. The Morgan fingerprint density at radius 3 is 2.65 bits per heavy atom. The number of rotatable bonds is 4. The molecule has 4 nitrogen and oxygen atoms in total. The average molecular weight is 403 g/mol. The van der Waals surface area contributed by atoms with Crippen molar-refractivity contribution in [2.45, 2.75) is 0 Å². The molecular formula is C14H12ClIN2O2. The second kappa shape index (κ2) is 6.81. The van der Waals surface area contributed by atoms with Crippen LogP contribution in [0, 0.1) is 3.57 Å². The molecule has 6 heteroatoms. The summed E-state index contributed by atoms with van der Waals surface area (Å²) in [6.07, 6.45) is 0. The summed E-state index contributed by atoms with van der Waals surface area (Å²) in [5.74, 6) is 0.345. The van der Waals surface area contributed by atoms with Gasteiger partial charge in [-0.1, -0.05) is 11.6 Å². The third kappa shape index (κ3) is 4.28. The van der Waals surface area contributed by atoms with Crippen LogP contribution in [0.15, 0.2) is 42.5 Å². The molecule has 1 amide bonds. The van der Waals surface area contributed by atoms with Gasteiger partial charge in [0.2, 0.25) is 0 Å². The zero-order valence-electron chi connectivity index (χ0n) is 10.4. The van der Waals surface area contributed by atoms with Crippen LogP contribution in [0.25, 0.3) is 0 Å². The van der Waals surface area contributed by atoms with Gasteiger partial charge in [-0.15, -0.1) is 0 Å². The first-order chi connectivity index (χ1) is 9.54. The van der Waals surface area contributed by atoms with Gasteiger partial charge in [0, 0.05) is 8.59 Å². The normalized spacial score (nSPS) is 10.1. The predicted molar refractivity (Wildman–Crippen MR) is 89.1 cm³/mol. The summed E-state index contributed by atoms with van der Waals surface area (Å²) in [5, 5.41) is 3.17. The van der Waals surface area contributed by atoms with Crippen molar-refractivity contribution >= 4 is 51.5 Å². The van der Waals surface area contributed by atoms with Crippen molar-refractivity contribution in [1.29, 1.82) is 0 Å². The van der Waals surface area contributed by atoms with Crippen LogP contribution < -0.4 is 15.8 Å². The van der Waals surface area contributed by atoms with Crippen LogP contribution in [0.1, 0.15) is 0 Å². The first-order valence-electron chi connectivity index (χ1n) is 5.78. The molecule has 0 aliphatic carbocycles. The van der Waals surface area contributed by atoms with Crippen LogP contribution in [-0.4, -0.2) is 12.5 Å². The lowest BCUT2D eigenvalue weighted by Gasteiger charge is -2.09. The number of nitrogens with two attached hydrogens (primary N) is 1. The molecule has 0 aliphatic heterocycles. The SMILES string of the molecule is Nc1ccc(Cl)cc1NC(=O)COc1ccc(I)cc1. The predicted octanol–water partition coefficient (Wildman–Crippen LogP) is 3.54. The Morgan fingerprint density at radius 2 is 1.95 bits per heavy atom. The number of halogens is 2. The molecule has 0 unspecified atom stereocenters. The first-order valence-corrected chi connectivity index (χ1v) is 7.23. The number of hydrogen-bond acceptors (Lipinski definition) is 3. The quantitative estimate of drug-likeness (QED) is 0.607. The highest BCUT2D eigenvalue weighted by Crippen LogP contribution is 2.22. The van der Waals surface area contributed by atoms with E-state index in [0.717, 1.165) is 3.57 Å². The standard InChI is InChI=1S/C14H12ClIN2O2/c15-9-1-6-12(17)13(7-9)18-14(19)8-20-11-4-2-10(16)3-5-11/h1-7H,8,17H2,(H,18,19). The molecule has 20 heavy (non-hydrogen) atoms. The summed E-state index contributed by atoms with van der Waals surface area (Å²) >= 11 is 8.05. The third-order valence-electron chi connectivity index (χ3n) is 2.47. The van der Waals surface area contributed by atoms with Gasteiger partial charge in [0.15, 0.2) is 6.61 Å². The Kier molecular flexibility index (Phi) is 5.08. The van der Waals surface area contributed by atoms with E-state index in [1.165, 1.54) is 0 Å². The van der Waals surface area contributed by atoms with Crippen LogP contribution >= 0.6 is 34.2 Å². The van der Waals surface area contributed by atoms with Gasteiger partial charge >= 0.3 is 0 Å². The van der Waals surface area contributed by atoms with E-state index in [9.17, 15) is 4.79 Å². The zero-order valence-corrected chi connectivity index (χ0v) is 13.3. The molecule has 0 fully saturated rings. The highest BCUT2D eigenvalue weighted by atomic mass is 127. The summed E-state index contributed by atoms with van der Waals surface area (Å²) in [5.41, 5.74) is 6.68. The fraction of sp³-hybridized carbons (Fsp3) is 0.0714. The maximum atomic E-state index is 11.8. The van der Waals surface area contributed by atoms with Crippen LogP contribution in [0.5, 0.6) is 5.75 Å². The Balaban J connectivity index is 1.92. The van der Waals surface area contributed by atoms with E-state index in [4.69, 9.17) is 22.1 Å². The lowest BCUT2D eigenvalue weighted by atomic mass is 10.2. The zero-order chi connectivity index (χ0) is 14.5. The Labute approximate surface area is 135 Å². The minimum atomic E-state index is -0.294. The van der Waals surface area contributed by atoms with Gasteiger partial charge in [0.1, 0.15) is 5.75 Å². The molecule has 0 aromatic heterocycles. The molecule has 0 bridgehead atoms. The Hall–Kier alpha value is -1.47. The maximum absolute atomic E-state index is 11.8. The monoisotopic (exact) mass is 402 g/mol. The van der Waals surface area contributed by atoms with Gasteiger partial charge in [-0.05, 0) is 65.1 Å². The van der Waals surface area contributed by atoms with Gasteiger partial charge in [-0.3, -0.25) is 4.79 Å². The van der Waals surface area contributed by atoms with Crippen molar-refractivity contribution in [1.82, 2.24) is 0 Å². The number of hydrogen-bond donors (Lipinski definition) is 2.